The number of hydrogen-bond acceptors (Lipinski definition) is 3. The molecule has 0 aliphatic carbocycles. The van der Waals surface area contributed by atoms with Crippen molar-refractivity contribution in [2.45, 2.75) is 13.0 Å². The van der Waals surface area contributed by atoms with E-state index in [1.54, 1.807) is 30.3 Å². The van der Waals surface area contributed by atoms with Crippen molar-refractivity contribution in [3.05, 3.63) is 60.2 Å². The Morgan fingerprint density at radius 2 is 1.57 bits per heavy atom. The van der Waals surface area contributed by atoms with E-state index >= 15 is 0 Å². The number of carbonyl (C=O) groups is 2. The van der Waals surface area contributed by atoms with E-state index in [2.05, 4.69) is 0 Å². The Morgan fingerprint density at radius 1 is 1.00 bits per heavy atom. The topological polar surface area (TPSA) is 77.8 Å². The number of carboxylic acid groups (broad SMARTS) is 1. The maximum Gasteiger partial charge on any atom is 0.331 e. The first-order valence-electron chi connectivity index (χ1n) is 6.37. The molecular weight excluding hydrogens is 270 g/mol. The third kappa shape index (κ3) is 3.20. The van der Waals surface area contributed by atoms with Gasteiger partial charge in [-0.25, -0.2) is 4.79 Å². The van der Waals surface area contributed by atoms with Gasteiger partial charge in [0.15, 0.2) is 6.04 Å². The van der Waals surface area contributed by atoms with Crippen LogP contribution in [0, 0.1) is 0 Å². The van der Waals surface area contributed by atoms with Crippen molar-refractivity contribution in [1.82, 2.24) is 0 Å². The summed E-state index contributed by atoms with van der Waals surface area (Å²) >= 11 is 0. The molecule has 108 valence electrons. The van der Waals surface area contributed by atoms with E-state index < -0.39 is 12.0 Å². The van der Waals surface area contributed by atoms with Gasteiger partial charge in [0.2, 0.25) is 5.91 Å². The number of phenols is 1. The molecule has 5 heteroatoms. The molecule has 21 heavy (non-hydrogen) atoms. The van der Waals surface area contributed by atoms with Gasteiger partial charge in [-0.3, -0.25) is 9.69 Å². The highest BCUT2D eigenvalue weighted by Gasteiger charge is 2.30. The number of amides is 1. The number of carboxylic acids is 1. The number of aliphatic carboxylic acids is 1. The molecule has 0 aliphatic heterocycles. The average Bonchev–Trinajstić information content (AvgIpc) is 2.46. The third-order valence-corrected chi connectivity index (χ3v) is 3.07. The molecule has 0 saturated carbocycles. The SMILES string of the molecule is CC(=O)N(c1ccccc1)C(C(=O)O)c1ccc(O)cc1. The minimum atomic E-state index is -1.15. The van der Waals surface area contributed by atoms with Crippen LogP contribution in [0.3, 0.4) is 0 Å². The van der Waals surface area contributed by atoms with Crippen LogP contribution in [0.5, 0.6) is 5.75 Å². The molecule has 0 bridgehead atoms. The third-order valence-electron chi connectivity index (χ3n) is 3.07. The number of benzene rings is 2. The fourth-order valence-electron chi connectivity index (χ4n) is 2.16. The molecule has 2 aromatic rings. The van der Waals surface area contributed by atoms with E-state index in [0.717, 1.165) is 0 Å². The number of anilines is 1. The van der Waals surface area contributed by atoms with Gasteiger partial charge in [0, 0.05) is 12.6 Å². The van der Waals surface area contributed by atoms with E-state index in [9.17, 15) is 19.8 Å². The lowest BCUT2D eigenvalue weighted by atomic mass is 10.0. The standard InChI is InChI=1S/C16H15NO4/c1-11(18)17(13-5-3-2-4-6-13)15(16(20)21)12-7-9-14(19)10-8-12/h2-10,15,19H,1H3,(H,20,21). The van der Waals surface area contributed by atoms with Crippen LogP contribution in [-0.2, 0) is 9.59 Å². The van der Waals surface area contributed by atoms with Gasteiger partial charge >= 0.3 is 5.97 Å². The van der Waals surface area contributed by atoms with Crippen molar-refractivity contribution in [3.63, 3.8) is 0 Å². The molecule has 0 aromatic heterocycles. The lowest BCUT2D eigenvalue weighted by Crippen LogP contribution is -2.37. The van der Waals surface area contributed by atoms with Gasteiger partial charge < -0.3 is 10.2 Å². The quantitative estimate of drug-likeness (QED) is 0.905. The first-order chi connectivity index (χ1) is 10.0. The predicted molar refractivity (Wildman–Crippen MR) is 78.1 cm³/mol. The summed E-state index contributed by atoms with van der Waals surface area (Å²) in [5, 5.41) is 18.8. The average molecular weight is 285 g/mol. The molecule has 1 unspecified atom stereocenters. The second-order valence-corrected chi connectivity index (χ2v) is 4.56. The van der Waals surface area contributed by atoms with Crippen molar-refractivity contribution >= 4 is 17.6 Å². The lowest BCUT2D eigenvalue weighted by molar-refractivity contribution is -0.140. The Bertz CT molecular complexity index is 637. The number of rotatable bonds is 4. The minimum absolute atomic E-state index is 0.0389. The van der Waals surface area contributed by atoms with Gasteiger partial charge in [-0.15, -0.1) is 0 Å². The first kappa shape index (κ1) is 14.6. The fraction of sp³-hybridized carbons (Fsp3) is 0.125. The van der Waals surface area contributed by atoms with Crippen LogP contribution in [0.25, 0.3) is 0 Å². The molecular formula is C16H15NO4. The van der Waals surface area contributed by atoms with Crippen LogP contribution in [0.4, 0.5) is 5.69 Å². The Hall–Kier alpha value is -2.82. The maximum atomic E-state index is 11.9. The molecule has 0 heterocycles. The van der Waals surface area contributed by atoms with E-state index in [4.69, 9.17) is 0 Å². The molecule has 2 N–H and O–H groups in total. The number of aromatic hydroxyl groups is 1. The van der Waals surface area contributed by atoms with E-state index in [1.165, 1.54) is 36.1 Å². The number of phenolic OH excluding ortho intramolecular Hbond substituents is 1. The van der Waals surface area contributed by atoms with Crippen molar-refractivity contribution in [1.29, 1.82) is 0 Å². The molecule has 1 amide bonds. The molecule has 2 aromatic carbocycles. The molecule has 5 nitrogen and oxygen atoms in total. The van der Waals surface area contributed by atoms with Crippen molar-refractivity contribution in [3.8, 4) is 5.75 Å². The highest BCUT2D eigenvalue weighted by molar-refractivity contribution is 5.98. The van der Waals surface area contributed by atoms with Gasteiger partial charge in [-0.05, 0) is 29.8 Å². The van der Waals surface area contributed by atoms with Gasteiger partial charge in [0.25, 0.3) is 0 Å². The van der Waals surface area contributed by atoms with Crippen LogP contribution in [0.1, 0.15) is 18.5 Å². The second-order valence-electron chi connectivity index (χ2n) is 4.56. The summed E-state index contributed by atoms with van der Waals surface area (Å²) in [7, 11) is 0. The van der Waals surface area contributed by atoms with E-state index in [0.29, 0.717) is 11.3 Å². The number of nitrogens with zero attached hydrogens (tertiary/aromatic N) is 1. The zero-order valence-corrected chi connectivity index (χ0v) is 11.4. The monoisotopic (exact) mass is 285 g/mol. The summed E-state index contributed by atoms with van der Waals surface area (Å²) in [5.41, 5.74) is 0.921. The Balaban J connectivity index is 2.50. The number of hydrogen-bond donors (Lipinski definition) is 2. The lowest BCUT2D eigenvalue weighted by Gasteiger charge is -2.28. The molecule has 0 saturated heterocycles. The summed E-state index contributed by atoms with van der Waals surface area (Å²) in [6.45, 7) is 1.32. The smallest absolute Gasteiger partial charge is 0.331 e. The molecule has 0 radical (unpaired) electrons. The molecule has 0 aliphatic rings. The highest BCUT2D eigenvalue weighted by Crippen LogP contribution is 2.28. The first-order valence-corrected chi connectivity index (χ1v) is 6.37. The minimum Gasteiger partial charge on any atom is -0.508 e. The highest BCUT2D eigenvalue weighted by atomic mass is 16.4. The predicted octanol–water partition coefficient (Wildman–Crippen LogP) is 2.57. The Labute approximate surface area is 122 Å². The largest absolute Gasteiger partial charge is 0.508 e. The van der Waals surface area contributed by atoms with Crippen LogP contribution >= 0.6 is 0 Å². The molecule has 2 rings (SSSR count). The number of carbonyl (C=O) groups excluding carboxylic acids is 1. The Kier molecular flexibility index (Phi) is 4.23. The number of para-hydroxylation sites is 1. The molecule has 1 atom stereocenters. The zero-order chi connectivity index (χ0) is 15.4. The summed E-state index contributed by atoms with van der Waals surface area (Å²) in [5.74, 6) is -1.47. The molecule has 0 spiro atoms. The van der Waals surface area contributed by atoms with Crippen LogP contribution in [-0.4, -0.2) is 22.1 Å². The summed E-state index contributed by atoms with van der Waals surface area (Å²) < 4.78 is 0. The van der Waals surface area contributed by atoms with Crippen molar-refractivity contribution < 1.29 is 19.8 Å². The maximum absolute atomic E-state index is 11.9. The van der Waals surface area contributed by atoms with Gasteiger partial charge in [0.05, 0.1) is 0 Å². The van der Waals surface area contributed by atoms with Gasteiger partial charge in [-0.2, -0.15) is 0 Å². The van der Waals surface area contributed by atoms with E-state index in [1.807, 2.05) is 0 Å². The van der Waals surface area contributed by atoms with Crippen molar-refractivity contribution in [2.75, 3.05) is 4.90 Å². The second kappa shape index (κ2) is 6.09. The summed E-state index contributed by atoms with van der Waals surface area (Å²) in [6.07, 6.45) is 0. The van der Waals surface area contributed by atoms with Crippen LogP contribution in [0.2, 0.25) is 0 Å². The fourth-order valence-corrected chi connectivity index (χ4v) is 2.16. The van der Waals surface area contributed by atoms with Crippen LogP contribution in [0.15, 0.2) is 54.6 Å². The Morgan fingerprint density at radius 3 is 2.05 bits per heavy atom. The van der Waals surface area contributed by atoms with Crippen molar-refractivity contribution in [2.24, 2.45) is 0 Å². The summed E-state index contributed by atoms with van der Waals surface area (Å²) in [4.78, 5) is 24.8. The van der Waals surface area contributed by atoms with E-state index in [-0.39, 0.29) is 11.7 Å². The zero-order valence-electron chi connectivity index (χ0n) is 11.4. The van der Waals surface area contributed by atoms with Gasteiger partial charge in [0.1, 0.15) is 5.75 Å². The summed E-state index contributed by atoms with van der Waals surface area (Å²) in [6, 6.07) is 13.3. The van der Waals surface area contributed by atoms with Crippen LogP contribution < -0.4 is 4.90 Å². The van der Waals surface area contributed by atoms with Gasteiger partial charge in [-0.1, -0.05) is 30.3 Å². The normalized spacial score (nSPS) is 11.7. The molecule has 0 fully saturated rings.